The molecule has 3 rings (SSSR count). The molecule has 1 saturated heterocycles. The van der Waals surface area contributed by atoms with Gasteiger partial charge in [0.2, 0.25) is 11.8 Å². The zero-order valence-electron chi connectivity index (χ0n) is 17.7. The van der Waals surface area contributed by atoms with Gasteiger partial charge in [-0.3, -0.25) is 9.59 Å². The zero-order chi connectivity index (χ0) is 21.7. The first-order valence-corrected chi connectivity index (χ1v) is 9.99. The first kappa shape index (κ1) is 21.8. The molecule has 1 fully saturated rings. The average Bonchev–Trinajstić information content (AvgIpc) is 3.12. The van der Waals surface area contributed by atoms with Gasteiger partial charge in [-0.25, -0.2) is 4.39 Å². The number of carbonyl (C=O) groups is 2. The molecule has 30 heavy (non-hydrogen) atoms. The fourth-order valence-corrected chi connectivity index (χ4v) is 3.59. The predicted molar refractivity (Wildman–Crippen MR) is 114 cm³/mol. The van der Waals surface area contributed by atoms with E-state index in [1.165, 1.54) is 12.1 Å². The van der Waals surface area contributed by atoms with E-state index in [1.54, 1.807) is 35.1 Å². The van der Waals surface area contributed by atoms with Crippen LogP contribution in [-0.2, 0) is 16.1 Å². The summed E-state index contributed by atoms with van der Waals surface area (Å²) >= 11 is 0. The number of hydrogen-bond acceptors (Lipinski definition) is 4. The molecule has 6 nitrogen and oxygen atoms in total. The first-order chi connectivity index (χ1) is 14.4. The number of likely N-dealkylation sites (N-methyl/N-ethyl adjacent to an activating group) is 1. The Hall–Kier alpha value is -2.93. The summed E-state index contributed by atoms with van der Waals surface area (Å²) in [6, 6.07) is 13.5. The van der Waals surface area contributed by atoms with Crippen molar-refractivity contribution < 1.29 is 18.7 Å². The van der Waals surface area contributed by atoms with Crippen molar-refractivity contribution in [3.05, 3.63) is 59.9 Å². The van der Waals surface area contributed by atoms with E-state index in [1.807, 2.05) is 37.2 Å². The van der Waals surface area contributed by atoms with Gasteiger partial charge in [0.1, 0.15) is 11.6 Å². The van der Waals surface area contributed by atoms with Crippen molar-refractivity contribution in [2.45, 2.75) is 13.0 Å². The van der Waals surface area contributed by atoms with E-state index in [-0.39, 0.29) is 24.1 Å². The van der Waals surface area contributed by atoms with Crippen LogP contribution < -0.4 is 9.64 Å². The molecule has 1 aliphatic rings. The molecule has 2 amide bonds. The second kappa shape index (κ2) is 9.71. The summed E-state index contributed by atoms with van der Waals surface area (Å²) in [5.41, 5.74) is 1.49. The quantitative estimate of drug-likeness (QED) is 0.668. The Morgan fingerprint density at radius 3 is 2.53 bits per heavy atom. The van der Waals surface area contributed by atoms with Gasteiger partial charge in [0.05, 0.1) is 13.0 Å². The molecule has 1 heterocycles. The minimum absolute atomic E-state index is 0.0724. The lowest BCUT2D eigenvalue weighted by Crippen LogP contribution is -2.40. The number of amides is 2. The van der Waals surface area contributed by atoms with Crippen LogP contribution in [0, 0.1) is 11.7 Å². The molecular formula is C23H28FN3O3. The van der Waals surface area contributed by atoms with Crippen molar-refractivity contribution in [3.8, 4) is 5.75 Å². The number of methoxy groups -OCH3 is 1. The number of carbonyl (C=O) groups excluding carboxylic acids is 2. The van der Waals surface area contributed by atoms with E-state index in [9.17, 15) is 14.0 Å². The summed E-state index contributed by atoms with van der Waals surface area (Å²) in [4.78, 5) is 31.3. The van der Waals surface area contributed by atoms with E-state index in [0.717, 1.165) is 11.3 Å². The highest BCUT2D eigenvalue weighted by Crippen LogP contribution is 2.28. The number of hydrogen-bond donors (Lipinski definition) is 0. The van der Waals surface area contributed by atoms with Crippen LogP contribution in [0.4, 0.5) is 10.1 Å². The minimum atomic E-state index is -0.421. The Morgan fingerprint density at radius 1 is 1.17 bits per heavy atom. The Labute approximate surface area is 176 Å². The standard InChI is InChI=1S/C23H28FN3O3/c1-25(2)11-12-26(15-17-5-4-6-19(24)13-17)23(29)18-14-22(28)27(16-18)20-7-9-21(30-3)10-8-20/h4-10,13,18H,11-12,14-16H2,1-3H3. The van der Waals surface area contributed by atoms with Gasteiger partial charge in [-0.1, -0.05) is 12.1 Å². The highest BCUT2D eigenvalue weighted by atomic mass is 19.1. The molecule has 1 unspecified atom stereocenters. The molecule has 0 aromatic heterocycles. The molecule has 0 saturated carbocycles. The van der Waals surface area contributed by atoms with E-state index in [4.69, 9.17) is 4.74 Å². The second-order valence-electron chi connectivity index (χ2n) is 7.80. The van der Waals surface area contributed by atoms with Gasteiger partial charge in [-0.15, -0.1) is 0 Å². The lowest BCUT2D eigenvalue weighted by molar-refractivity contribution is -0.136. The molecule has 2 aromatic rings. The van der Waals surface area contributed by atoms with Crippen LogP contribution in [0.15, 0.2) is 48.5 Å². The molecule has 0 bridgehead atoms. The third-order valence-electron chi connectivity index (χ3n) is 5.25. The first-order valence-electron chi connectivity index (χ1n) is 9.99. The fourth-order valence-electron chi connectivity index (χ4n) is 3.59. The lowest BCUT2D eigenvalue weighted by Gasteiger charge is -2.27. The van der Waals surface area contributed by atoms with Crippen molar-refractivity contribution in [1.29, 1.82) is 0 Å². The molecule has 0 N–H and O–H groups in total. The number of halogens is 1. The molecule has 160 valence electrons. The summed E-state index contributed by atoms with van der Waals surface area (Å²) in [7, 11) is 5.47. The number of nitrogens with zero attached hydrogens (tertiary/aromatic N) is 3. The summed E-state index contributed by atoms with van der Waals surface area (Å²) in [5, 5.41) is 0. The molecule has 7 heteroatoms. The van der Waals surface area contributed by atoms with Gasteiger partial charge in [0.15, 0.2) is 0 Å². The van der Waals surface area contributed by atoms with Crippen LogP contribution >= 0.6 is 0 Å². The number of benzene rings is 2. The number of rotatable bonds is 8. The van der Waals surface area contributed by atoms with E-state index in [0.29, 0.717) is 31.9 Å². The smallest absolute Gasteiger partial charge is 0.228 e. The lowest BCUT2D eigenvalue weighted by atomic mass is 10.1. The largest absolute Gasteiger partial charge is 0.497 e. The topological polar surface area (TPSA) is 53.1 Å². The summed E-state index contributed by atoms with van der Waals surface area (Å²) < 4.78 is 18.8. The van der Waals surface area contributed by atoms with Gasteiger partial charge >= 0.3 is 0 Å². The van der Waals surface area contributed by atoms with E-state index < -0.39 is 5.92 Å². The average molecular weight is 413 g/mol. The fraction of sp³-hybridized carbons (Fsp3) is 0.391. The summed E-state index contributed by atoms with van der Waals surface area (Å²) in [5.74, 6) is -0.185. The van der Waals surface area contributed by atoms with Crippen LogP contribution in [0.5, 0.6) is 5.75 Å². The molecule has 0 spiro atoms. The van der Waals surface area contributed by atoms with Crippen LogP contribution in [-0.4, -0.2) is 62.5 Å². The van der Waals surface area contributed by atoms with Crippen molar-refractivity contribution in [1.82, 2.24) is 9.80 Å². The van der Waals surface area contributed by atoms with Gasteiger partial charge in [0.25, 0.3) is 0 Å². The normalized spacial score (nSPS) is 16.2. The summed E-state index contributed by atoms with van der Waals surface area (Å²) in [6.45, 7) is 1.85. The van der Waals surface area contributed by atoms with E-state index in [2.05, 4.69) is 0 Å². The van der Waals surface area contributed by atoms with Gasteiger partial charge in [-0.2, -0.15) is 0 Å². The predicted octanol–water partition coefficient (Wildman–Crippen LogP) is 2.78. The van der Waals surface area contributed by atoms with Gasteiger partial charge < -0.3 is 19.4 Å². The zero-order valence-corrected chi connectivity index (χ0v) is 17.7. The molecule has 1 aliphatic heterocycles. The molecule has 2 aromatic carbocycles. The SMILES string of the molecule is COc1ccc(N2CC(C(=O)N(CCN(C)C)Cc3cccc(F)c3)CC2=O)cc1. The van der Waals surface area contributed by atoms with E-state index >= 15 is 0 Å². The number of ether oxygens (including phenoxy) is 1. The van der Waals surface area contributed by atoms with Crippen molar-refractivity contribution >= 4 is 17.5 Å². The molecule has 0 radical (unpaired) electrons. The van der Waals surface area contributed by atoms with Gasteiger partial charge in [-0.05, 0) is 56.1 Å². The monoisotopic (exact) mass is 413 g/mol. The second-order valence-corrected chi connectivity index (χ2v) is 7.80. The van der Waals surface area contributed by atoms with Crippen LogP contribution in [0.3, 0.4) is 0 Å². The Bertz CT molecular complexity index is 886. The summed E-state index contributed by atoms with van der Waals surface area (Å²) in [6.07, 6.45) is 0.173. The highest BCUT2D eigenvalue weighted by molar-refractivity contribution is 6.00. The van der Waals surface area contributed by atoms with Crippen molar-refractivity contribution in [3.63, 3.8) is 0 Å². The van der Waals surface area contributed by atoms with Gasteiger partial charge in [0, 0.05) is 38.3 Å². The Balaban J connectivity index is 1.73. The molecule has 1 atom stereocenters. The van der Waals surface area contributed by atoms with Crippen LogP contribution in [0.1, 0.15) is 12.0 Å². The van der Waals surface area contributed by atoms with Crippen molar-refractivity contribution in [2.75, 3.05) is 45.7 Å². The van der Waals surface area contributed by atoms with Crippen molar-refractivity contribution in [2.24, 2.45) is 5.92 Å². The number of anilines is 1. The minimum Gasteiger partial charge on any atom is -0.497 e. The third-order valence-corrected chi connectivity index (χ3v) is 5.25. The highest BCUT2D eigenvalue weighted by Gasteiger charge is 2.37. The van der Waals surface area contributed by atoms with Crippen LogP contribution in [0.25, 0.3) is 0 Å². The maximum Gasteiger partial charge on any atom is 0.228 e. The molecular weight excluding hydrogens is 385 g/mol. The Kier molecular flexibility index (Phi) is 7.05. The van der Waals surface area contributed by atoms with Crippen LogP contribution in [0.2, 0.25) is 0 Å². The third kappa shape index (κ3) is 5.36. The molecule has 0 aliphatic carbocycles. The Morgan fingerprint density at radius 2 is 1.90 bits per heavy atom. The maximum atomic E-state index is 13.6. The maximum absolute atomic E-state index is 13.6.